The first kappa shape index (κ1) is 12.3. The van der Waals surface area contributed by atoms with Gasteiger partial charge in [0.25, 0.3) is 0 Å². The number of carbonyl (C=O) groups is 1. The van der Waals surface area contributed by atoms with E-state index in [2.05, 4.69) is 4.98 Å². The summed E-state index contributed by atoms with van der Waals surface area (Å²) in [6.07, 6.45) is 5.75. The zero-order valence-corrected chi connectivity index (χ0v) is 10.8. The predicted molar refractivity (Wildman–Crippen MR) is 74.1 cm³/mol. The van der Waals surface area contributed by atoms with E-state index in [0.717, 1.165) is 24.6 Å². The molecule has 1 aliphatic rings. The van der Waals surface area contributed by atoms with Gasteiger partial charge in [-0.25, -0.2) is 0 Å². The van der Waals surface area contributed by atoms with Crippen molar-refractivity contribution in [1.29, 1.82) is 0 Å². The Hall–Kier alpha value is -1.74. The molecule has 1 aromatic heterocycles. The normalized spacial score (nSPS) is 18.4. The third kappa shape index (κ3) is 2.15. The van der Waals surface area contributed by atoms with Gasteiger partial charge in [-0.3, -0.25) is 9.78 Å². The maximum atomic E-state index is 12.6. The Kier molecular flexibility index (Phi) is 3.07. The summed E-state index contributed by atoms with van der Waals surface area (Å²) in [6, 6.07) is 9.34. The minimum absolute atomic E-state index is 0.170. The number of fused-ring (bicyclic) bond motifs is 1. The van der Waals surface area contributed by atoms with Crippen molar-refractivity contribution >= 4 is 16.7 Å². The second-order valence-corrected chi connectivity index (χ2v) is 5.30. The van der Waals surface area contributed by atoms with Crippen LogP contribution >= 0.6 is 0 Å². The lowest BCUT2D eigenvalue weighted by atomic mass is 9.79. The van der Waals surface area contributed by atoms with Crippen LogP contribution in [-0.2, 0) is 0 Å². The van der Waals surface area contributed by atoms with Gasteiger partial charge in [-0.15, -0.1) is 0 Å². The zero-order valence-electron chi connectivity index (χ0n) is 10.8. The van der Waals surface area contributed by atoms with E-state index in [1.165, 1.54) is 0 Å². The zero-order chi connectivity index (χ0) is 13.3. The lowest BCUT2D eigenvalue weighted by Gasteiger charge is -2.30. The number of aliphatic hydroxyl groups is 1. The van der Waals surface area contributed by atoms with Gasteiger partial charge < -0.3 is 5.11 Å². The Bertz CT molecular complexity index is 610. The first-order valence-electron chi connectivity index (χ1n) is 6.82. The maximum Gasteiger partial charge on any atom is 0.196 e. The van der Waals surface area contributed by atoms with Crippen LogP contribution in [0.15, 0.2) is 36.5 Å². The molecule has 19 heavy (non-hydrogen) atoms. The Morgan fingerprint density at radius 1 is 1.11 bits per heavy atom. The topological polar surface area (TPSA) is 50.2 Å². The van der Waals surface area contributed by atoms with Gasteiger partial charge in [0.05, 0.1) is 5.52 Å². The number of Topliss-reactive ketones (excluding diaryl/α,β-unsaturated/α-hetero) is 1. The van der Waals surface area contributed by atoms with Crippen LogP contribution in [0.25, 0.3) is 10.9 Å². The molecule has 0 spiro atoms. The fourth-order valence-corrected chi connectivity index (χ4v) is 2.90. The second kappa shape index (κ2) is 4.74. The summed E-state index contributed by atoms with van der Waals surface area (Å²) in [5.74, 6) is -0.170. The van der Waals surface area contributed by atoms with Gasteiger partial charge in [-0.05, 0) is 25.0 Å². The molecule has 3 heteroatoms. The van der Waals surface area contributed by atoms with Crippen molar-refractivity contribution in [2.45, 2.75) is 37.7 Å². The van der Waals surface area contributed by atoms with Crippen molar-refractivity contribution in [2.75, 3.05) is 0 Å². The van der Waals surface area contributed by atoms with E-state index in [0.29, 0.717) is 23.9 Å². The summed E-state index contributed by atoms with van der Waals surface area (Å²) in [4.78, 5) is 16.9. The number of ketones is 1. The molecule has 1 fully saturated rings. The largest absolute Gasteiger partial charge is 0.382 e. The van der Waals surface area contributed by atoms with Gasteiger partial charge in [0, 0.05) is 17.1 Å². The lowest BCUT2D eigenvalue weighted by molar-refractivity contribution is 0.0118. The predicted octanol–water partition coefficient (Wildman–Crippen LogP) is 3.11. The van der Waals surface area contributed by atoms with Crippen LogP contribution in [0.5, 0.6) is 0 Å². The van der Waals surface area contributed by atoms with E-state index in [4.69, 9.17) is 0 Å². The van der Waals surface area contributed by atoms with Crippen molar-refractivity contribution in [3.63, 3.8) is 0 Å². The highest BCUT2D eigenvalue weighted by Crippen LogP contribution is 2.32. The molecule has 1 aromatic carbocycles. The Morgan fingerprint density at radius 3 is 2.63 bits per heavy atom. The van der Waals surface area contributed by atoms with Gasteiger partial charge in [0.1, 0.15) is 5.60 Å². The fraction of sp³-hybridized carbons (Fsp3) is 0.375. The smallest absolute Gasteiger partial charge is 0.196 e. The monoisotopic (exact) mass is 255 g/mol. The van der Waals surface area contributed by atoms with Crippen molar-refractivity contribution in [3.05, 3.63) is 42.1 Å². The fourth-order valence-electron chi connectivity index (χ4n) is 2.90. The van der Waals surface area contributed by atoms with E-state index < -0.39 is 5.60 Å². The minimum atomic E-state index is -1.19. The van der Waals surface area contributed by atoms with Crippen LogP contribution in [0.2, 0.25) is 0 Å². The SMILES string of the molecule is O=C(c1cccc2cccnc12)C1(O)CCCCC1. The van der Waals surface area contributed by atoms with Crippen molar-refractivity contribution < 1.29 is 9.90 Å². The average molecular weight is 255 g/mol. The summed E-state index contributed by atoms with van der Waals surface area (Å²) >= 11 is 0. The number of benzene rings is 1. The molecule has 3 rings (SSSR count). The number of aromatic nitrogens is 1. The number of hydrogen-bond donors (Lipinski definition) is 1. The first-order valence-corrected chi connectivity index (χ1v) is 6.82. The maximum absolute atomic E-state index is 12.6. The van der Waals surface area contributed by atoms with Gasteiger partial charge in [0.2, 0.25) is 0 Å². The van der Waals surface area contributed by atoms with E-state index in [1.807, 2.05) is 24.3 Å². The Labute approximate surface area is 112 Å². The number of hydrogen-bond acceptors (Lipinski definition) is 3. The number of nitrogens with zero attached hydrogens (tertiary/aromatic N) is 1. The van der Waals surface area contributed by atoms with E-state index in [1.54, 1.807) is 12.3 Å². The molecule has 98 valence electrons. The average Bonchev–Trinajstić information content (AvgIpc) is 2.47. The molecular formula is C16H17NO2. The first-order chi connectivity index (χ1) is 9.21. The summed E-state index contributed by atoms with van der Waals surface area (Å²) in [5.41, 5.74) is 0.0424. The Morgan fingerprint density at radius 2 is 1.84 bits per heavy atom. The second-order valence-electron chi connectivity index (χ2n) is 5.30. The number of carbonyl (C=O) groups excluding carboxylic acids is 1. The third-order valence-corrected chi connectivity index (χ3v) is 3.98. The van der Waals surface area contributed by atoms with E-state index >= 15 is 0 Å². The van der Waals surface area contributed by atoms with E-state index in [9.17, 15) is 9.90 Å². The molecule has 3 nitrogen and oxygen atoms in total. The number of rotatable bonds is 2. The van der Waals surface area contributed by atoms with Crippen molar-refractivity contribution in [3.8, 4) is 0 Å². The highest BCUT2D eigenvalue weighted by molar-refractivity contribution is 6.10. The molecule has 2 aromatic rings. The standard InChI is InChI=1S/C16H17NO2/c18-15(16(19)9-2-1-3-10-16)13-8-4-6-12-7-5-11-17-14(12)13/h4-8,11,19H,1-3,9-10H2. The summed E-state index contributed by atoms with van der Waals surface area (Å²) in [6.45, 7) is 0. The molecule has 1 aliphatic carbocycles. The highest BCUT2D eigenvalue weighted by Gasteiger charge is 2.38. The molecule has 0 amide bonds. The molecule has 1 saturated carbocycles. The van der Waals surface area contributed by atoms with Gasteiger partial charge in [-0.1, -0.05) is 37.5 Å². The van der Waals surface area contributed by atoms with Crippen LogP contribution in [0.4, 0.5) is 0 Å². The van der Waals surface area contributed by atoms with Crippen LogP contribution in [0, 0.1) is 0 Å². The van der Waals surface area contributed by atoms with E-state index in [-0.39, 0.29) is 5.78 Å². The van der Waals surface area contributed by atoms with Gasteiger partial charge in [0.15, 0.2) is 5.78 Å². The van der Waals surface area contributed by atoms with Gasteiger partial charge in [-0.2, -0.15) is 0 Å². The molecule has 0 saturated heterocycles. The number of para-hydroxylation sites is 1. The van der Waals surface area contributed by atoms with Crippen molar-refractivity contribution in [1.82, 2.24) is 4.98 Å². The molecule has 1 heterocycles. The van der Waals surface area contributed by atoms with Crippen LogP contribution in [0.3, 0.4) is 0 Å². The van der Waals surface area contributed by atoms with Crippen LogP contribution < -0.4 is 0 Å². The van der Waals surface area contributed by atoms with Crippen LogP contribution in [-0.4, -0.2) is 21.5 Å². The molecule has 0 radical (unpaired) electrons. The summed E-state index contributed by atoms with van der Waals surface area (Å²) < 4.78 is 0. The third-order valence-electron chi connectivity index (χ3n) is 3.98. The molecular weight excluding hydrogens is 238 g/mol. The Balaban J connectivity index is 2.06. The molecule has 0 aliphatic heterocycles. The highest BCUT2D eigenvalue weighted by atomic mass is 16.3. The summed E-state index contributed by atoms with van der Waals surface area (Å²) in [5, 5.41) is 11.5. The minimum Gasteiger partial charge on any atom is -0.382 e. The van der Waals surface area contributed by atoms with Gasteiger partial charge >= 0.3 is 0 Å². The molecule has 0 bridgehead atoms. The van der Waals surface area contributed by atoms with Crippen molar-refractivity contribution in [2.24, 2.45) is 0 Å². The molecule has 0 unspecified atom stereocenters. The molecule has 0 atom stereocenters. The quantitative estimate of drug-likeness (QED) is 0.839. The summed E-state index contributed by atoms with van der Waals surface area (Å²) in [7, 11) is 0. The lowest BCUT2D eigenvalue weighted by Crippen LogP contribution is -2.40. The van der Waals surface area contributed by atoms with Crippen LogP contribution in [0.1, 0.15) is 42.5 Å². The number of pyridine rings is 1. The molecule has 1 N–H and O–H groups in total.